The van der Waals surface area contributed by atoms with Crippen LogP contribution in [0, 0.1) is 13.8 Å². The summed E-state index contributed by atoms with van der Waals surface area (Å²) in [5.41, 5.74) is 6.30. The summed E-state index contributed by atoms with van der Waals surface area (Å²) in [7, 11) is 0. The van der Waals surface area contributed by atoms with Crippen molar-refractivity contribution < 1.29 is 9.47 Å². The van der Waals surface area contributed by atoms with Gasteiger partial charge < -0.3 is 9.47 Å². The molecule has 2 aromatic carbocycles. The lowest BCUT2D eigenvalue weighted by Crippen LogP contribution is -2.17. The molecule has 4 rings (SSSR count). The van der Waals surface area contributed by atoms with Crippen LogP contribution in [0.25, 0.3) is 11.1 Å². The minimum Gasteiger partial charge on any atom is -0.475 e. The molecule has 0 spiro atoms. The van der Waals surface area contributed by atoms with Crippen LogP contribution >= 0.6 is 0 Å². The number of rotatable bonds is 3. The van der Waals surface area contributed by atoms with Gasteiger partial charge >= 0.3 is 0 Å². The average molecular weight is 377 g/mol. The Balaban J connectivity index is 1.95. The Labute approximate surface area is 167 Å². The second kappa shape index (κ2) is 6.47. The van der Waals surface area contributed by atoms with E-state index < -0.39 is 0 Å². The fourth-order valence-corrected chi connectivity index (χ4v) is 3.80. The van der Waals surface area contributed by atoms with E-state index in [4.69, 9.17) is 19.5 Å². The van der Waals surface area contributed by atoms with Gasteiger partial charge in [0.15, 0.2) is 0 Å². The van der Waals surface area contributed by atoms with Gasteiger partial charge in [0.05, 0.1) is 11.1 Å². The molecule has 0 saturated heterocycles. The molecule has 2 aliphatic heterocycles. The number of benzene rings is 2. The maximum Gasteiger partial charge on any atom is 0.217 e. The first kappa shape index (κ1) is 18.7. The van der Waals surface area contributed by atoms with Crippen LogP contribution in [0.4, 0.5) is 0 Å². The number of aliphatic imine (C=N–C) groups is 2. The normalized spacial score (nSPS) is 19.6. The van der Waals surface area contributed by atoms with Gasteiger partial charge in [0.25, 0.3) is 0 Å². The molecule has 0 unspecified atom stereocenters. The molecule has 0 fully saturated rings. The summed E-state index contributed by atoms with van der Waals surface area (Å²) in [5.74, 6) is 1.43. The lowest BCUT2D eigenvalue weighted by molar-refractivity contribution is 0.279. The molecular formula is C24H28N2O2. The summed E-state index contributed by atoms with van der Waals surface area (Å²) in [6.07, 6.45) is 0. The predicted molar refractivity (Wildman–Crippen MR) is 114 cm³/mol. The zero-order valence-corrected chi connectivity index (χ0v) is 17.6. The lowest BCUT2D eigenvalue weighted by Gasteiger charge is -2.18. The van der Waals surface area contributed by atoms with E-state index in [0.29, 0.717) is 25.0 Å². The van der Waals surface area contributed by atoms with Gasteiger partial charge in [-0.2, -0.15) is 0 Å². The van der Waals surface area contributed by atoms with Crippen LogP contribution in [-0.2, 0) is 9.47 Å². The van der Waals surface area contributed by atoms with Crippen LogP contribution < -0.4 is 0 Å². The first-order chi connectivity index (χ1) is 13.2. The third-order valence-corrected chi connectivity index (χ3v) is 5.19. The summed E-state index contributed by atoms with van der Waals surface area (Å²) < 4.78 is 12.0. The molecule has 0 bridgehead atoms. The van der Waals surface area contributed by atoms with Crippen molar-refractivity contribution in [1.29, 1.82) is 0 Å². The van der Waals surface area contributed by atoms with Crippen molar-refractivity contribution in [3.63, 3.8) is 0 Å². The minimum atomic E-state index is -0.201. The Morgan fingerprint density at radius 2 is 1.07 bits per heavy atom. The molecule has 2 heterocycles. The van der Waals surface area contributed by atoms with Crippen LogP contribution in [0.1, 0.15) is 49.9 Å². The van der Waals surface area contributed by atoms with Gasteiger partial charge in [-0.3, -0.25) is 0 Å². The molecule has 4 nitrogen and oxygen atoms in total. The molecule has 0 atom stereocenters. The maximum absolute atomic E-state index is 6.00. The van der Waals surface area contributed by atoms with Crippen molar-refractivity contribution >= 4 is 11.8 Å². The summed E-state index contributed by atoms with van der Waals surface area (Å²) in [6, 6.07) is 12.6. The summed E-state index contributed by atoms with van der Waals surface area (Å²) in [5, 5.41) is 0. The van der Waals surface area contributed by atoms with Gasteiger partial charge in [-0.15, -0.1) is 0 Å². The summed E-state index contributed by atoms with van der Waals surface area (Å²) in [6.45, 7) is 13.8. The Morgan fingerprint density at radius 1 is 0.679 bits per heavy atom. The average Bonchev–Trinajstić information content (AvgIpc) is 3.16. The largest absolute Gasteiger partial charge is 0.475 e. The molecule has 0 aliphatic carbocycles. The summed E-state index contributed by atoms with van der Waals surface area (Å²) >= 11 is 0. The molecule has 0 N–H and O–H groups in total. The van der Waals surface area contributed by atoms with Crippen molar-refractivity contribution in [2.75, 3.05) is 13.2 Å². The van der Waals surface area contributed by atoms with E-state index in [0.717, 1.165) is 22.3 Å². The lowest BCUT2D eigenvalue weighted by atomic mass is 9.88. The van der Waals surface area contributed by atoms with Crippen molar-refractivity contribution in [3.05, 3.63) is 58.7 Å². The number of aryl methyl sites for hydroxylation is 2. The Bertz CT molecular complexity index is 918. The highest BCUT2D eigenvalue weighted by Gasteiger charge is 2.32. The first-order valence-electron chi connectivity index (χ1n) is 9.83. The molecule has 146 valence electrons. The van der Waals surface area contributed by atoms with E-state index in [9.17, 15) is 0 Å². The number of hydrogen-bond donors (Lipinski definition) is 0. The predicted octanol–water partition coefficient (Wildman–Crippen LogP) is 5.08. The van der Waals surface area contributed by atoms with E-state index in [1.807, 2.05) is 0 Å². The second-order valence-corrected chi connectivity index (χ2v) is 9.03. The third-order valence-electron chi connectivity index (χ3n) is 5.19. The topological polar surface area (TPSA) is 43.2 Å². The second-order valence-electron chi connectivity index (χ2n) is 9.03. The number of nitrogens with zero attached hydrogens (tertiary/aromatic N) is 2. The quantitative estimate of drug-likeness (QED) is 0.750. The standard InChI is InChI=1S/C24H28N2O2/c1-15-9-7-11-17(21-25-23(3,4)13-27-21)19(15)20-16(2)10-8-12-18(20)22-26-24(5,6)14-28-22/h7-12H,13-14H2,1-6H3. The zero-order chi connectivity index (χ0) is 20.1. The Hall–Kier alpha value is -2.62. The van der Waals surface area contributed by atoms with Gasteiger partial charge in [0.1, 0.15) is 13.2 Å². The molecule has 0 saturated carbocycles. The maximum atomic E-state index is 6.00. The molecule has 4 heteroatoms. The van der Waals surface area contributed by atoms with E-state index in [1.165, 1.54) is 11.1 Å². The van der Waals surface area contributed by atoms with Gasteiger partial charge in [-0.05, 0) is 75.9 Å². The SMILES string of the molecule is Cc1cccc(C2=NC(C)(C)CO2)c1-c1c(C)cccc1C1=NC(C)(C)CO1. The van der Waals surface area contributed by atoms with Crippen molar-refractivity contribution in [3.8, 4) is 11.1 Å². The highest BCUT2D eigenvalue weighted by molar-refractivity contribution is 6.08. The molecule has 2 aliphatic rings. The van der Waals surface area contributed by atoms with Crippen LogP contribution in [0.2, 0.25) is 0 Å². The van der Waals surface area contributed by atoms with E-state index in [-0.39, 0.29) is 11.1 Å². The minimum absolute atomic E-state index is 0.201. The van der Waals surface area contributed by atoms with Crippen molar-refractivity contribution in [1.82, 2.24) is 0 Å². The first-order valence-corrected chi connectivity index (χ1v) is 9.83. The van der Waals surface area contributed by atoms with Crippen LogP contribution in [0.15, 0.2) is 46.4 Å². The van der Waals surface area contributed by atoms with E-state index in [1.54, 1.807) is 0 Å². The smallest absolute Gasteiger partial charge is 0.217 e. The molecule has 2 aromatic rings. The fraction of sp³-hybridized carbons (Fsp3) is 0.417. The molecule has 0 amide bonds. The van der Waals surface area contributed by atoms with Crippen LogP contribution in [0.3, 0.4) is 0 Å². The van der Waals surface area contributed by atoms with Crippen molar-refractivity contribution in [2.24, 2.45) is 9.98 Å². The Kier molecular flexibility index (Phi) is 4.33. The number of hydrogen-bond acceptors (Lipinski definition) is 4. The van der Waals surface area contributed by atoms with Gasteiger partial charge in [0, 0.05) is 11.1 Å². The zero-order valence-electron chi connectivity index (χ0n) is 17.6. The highest BCUT2D eigenvalue weighted by atomic mass is 16.5. The van der Waals surface area contributed by atoms with Crippen LogP contribution in [0.5, 0.6) is 0 Å². The highest BCUT2D eigenvalue weighted by Crippen LogP contribution is 2.37. The number of ether oxygens (including phenoxy) is 2. The molecule has 0 radical (unpaired) electrons. The molecule has 0 aromatic heterocycles. The fourth-order valence-electron chi connectivity index (χ4n) is 3.80. The van der Waals surface area contributed by atoms with Crippen LogP contribution in [-0.4, -0.2) is 36.1 Å². The van der Waals surface area contributed by atoms with Crippen molar-refractivity contribution in [2.45, 2.75) is 52.6 Å². The Morgan fingerprint density at radius 3 is 1.39 bits per heavy atom. The molecule has 28 heavy (non-hydrogen) atoms. The van der Waals surface area contributed by atoms with E-state index in [2.05, 4.69) is 77.9 Å². The molecular weight excluding hydrogens is 348 g/mol. The van der Waals surface area contributed by atoms with Gasteiger partial charge in [-0.1, -0.05) is 24.3 Å². The summed E-state index contributed by atoms with van der Waals surface area (Å²) in [4.78, 5) is 9.66. The van der Waals surface area contributed by atoms with Gasteiger partial charge in [0.2, 0.25) is 11.8 Å². The van der Waals surface area contributed by atoms with Gasteiger partial charge in [-0.25, -0.2) is 9.98 Å². The third kappa shape index (κ3) is 3.32. The van der Waals surface area contributed by atoms with E-state index >= 15 is 0 Å². The monoisotopic (exact) mass is 376 g/mol.